The van der Waals surface area contributed by atoms with Gasteiger partial charge in [0.25, 0.3) is 0 Å². The van der Waals surface area contributed by atoms with Crippen LogP contribution in [0, 0.1) is 17.8 Å². The Kier molecular flexibility index (Phi) is 8.02. The maximum atomic E-state index is 13.0. The summed E-state index contributed by atoms with van der Waals surface area (Å²) in [6, 6.07) is 0. The molecule has 6 bridgehead atoms. The molecule has 0 aromatic rings. The van der Waals surface area contributed by atoms with E-state index in [1.807, 2.05) is 39.0 Å². The third kappa shape index (κ3) is 5.58. The molecule has 0 unspecified atom stereocenters. The van der Waals surface area contributed by atoms with Crippen molar-refractivity contribution in [2.45, 2.75) is 96.5 Å². The van der Waals surface area contributed by atoms with Gasteiger partial charge in [0, 0.05) is 17.8 Å². The summed E-state index contributed by atoms with van der Waals surface area (Å²) in [4.78, 5) is 39.1. The molecule has 0 N–H and O–H groups in total. The zero-order valence-corrected chi connectivity index (χ0v) is 21.6. The summed E-state index contributed by atoms with van der Waals surface area (Å²) in [6.45, 7) is 10.7. The largest absolute Gasteiger partial charge is 0.458 e. The Hall–Kier alpha value is -2.49. The van der Waals surface area contributed by atoms with E-state index in [1.165, 1.54) is 0 Å². The molecule has 12 atom stereocenters. The van der Waals surface area contributed by atoms with E-state index in [2.05, 4.69) is 0 Å². The van der Waals surface area contributed by atoms with Gasteiger partial charge in [0.1, 0.15) is 36.6 Å². The second-order valence-corrected chi connectivity index (χ2v) is 10.2. The second kappa shape index (κ2) is 10.9. The van der Waals surface area contributed by atoms with Gasteiger partial charge >= 0.3 is 17.9 Å². The average molecular weight is 505 g/mol. The van der Waals surface area contributed by atoms with Crippen molar-refractivity contribution in [2.24, 2.45) is 17.8 Å². The molecule has 36 heavy (non-hydrogen) atoms. The van der Waals surface area contributed by atoms with Crippen LogP contribution in [0.15, 0.2) is 36.5 Å². The molecule has 4 aliphatic rings. The Balaban J connectivity index is 1.62. The van der Waals surface area contributed by atoms with Crippen molar-refractivity contribution in [3.05, 3.63) is 36.5 Å². The first-order valence-corrected chi connectivity index (χ1v) is 12.7. The number of hydrogen-bond donors (Lipinski definition) is 0. The fraction of sp³-hybridized carbons (Fsp3) is 0.667. The van der Waals surface area contributed by atoms with Crippen LogP contribution >= 0.6 is 0 Å². The van der Waals surface area contributed by atoms with Crippen LogP contribution in [0.25, 0.3) is 0 Å². The number of fused-ring (bicyclic) bond motifs is 6. The minimum atomic E-state index is -0.882. The lowest BCUT2D eigenvalue weighted by molar-refractivity contribution is -0.196. The number of carbonyl (C=O) groups excluding carboxylic acids is 3. The summed E-state index contributed by atoms with van der Waals surface area (Å²) in [5.74, 6) is -2.38. The number of esters is 3. The number of ether oxygens (including phenoxy) is 6. The summed E-state index contributed by atoms with van der Waals surface area (Å²) in [5.41, 5.74) is 0. The summed E-state index contributed by atoms with van der Waals surface area (Å²) < 4.78 is 35.2. The zero-order valence-electron chi connectivity index (χ0n) is 21.6. The second-order valence-electron chi connectivity index (χ2n) is 10.2. The van der Waals surface area contributed by atoms with Crippen LogP contribution in [0.1, 0.15) is 41.5 Å². The smallest absolute Gasteiger partial charge is 0.336 e. The topological polar surface area (TPSA) is 107 Å². The molecule has 0 spiro atoms. The zero-order chi connectivity index (χ0) is 26.1. The molecule has 0 aromatic heterocycles. The van der Waals surface area contributed by atoms with Gasteiger partial charge in [-0.3, -0.25) is 0 Å². The maximum Gasteiger partial charge on any atom is 0.336 e. The van der Waals surface area contributed by atoms with Crippen LogP contribution in [0.4, 0.5) is 0 Å². The molecule has 9 nitrogen and oxygen atoms in total. The van der Waals surface area contributed by atoms with E-state index in [0.717, 1.165) is 0 Å². The Bertz CT molecular complexity index is 821. The summed E-state index contributed by atoms with van der Waals surface area (Å²) in [7, 11) is 0. The lowest BCUT2D eigenvalue weighted by Gasteiger charge is -2.37. The highest BCUT2D eigenvalue weighted by Crippen LogP contribution is 2.29. The number of hydrogen-bond acceptors (Lipinski definition) is 9. The normalized spacial score (nSPS) is 45.7. The molecule has 1 fully saturated rings. The van der Waals surface area contributed by atoms with Crippen LogP contribution < -0.4 is 0 Å². The summed E-state index contributed by atoms with van der Waals surface area (Å²) >= 11 is 0. The lowest BCUT2D eigenvalue weighted by Crippen LogP contribution is -2.49. The van der Waals surface area contributed by atoms with E-state index in [-0.39, 0.29) is 17.8 Å². The standard InChI is InChI=1S/C27H36O9/c1-13-7-10-19-16(4)32-26(29)23-15(3)9-12-21(36-23)18(6)33-27(30)24-14(2)8-11-20(35-24)17(5)31-25(28)22(13)34-19/h7-24H,1-6H3/t13-,14-,15-,16+,17+,18+,19-,20-,21-,22+,23+,24+/m0/s1. The van der Waals surface area contributed by atoms with Gasteiger partial charge in [-0.15, -0.1) is 0 Å². The lowest BCUT2D eigenvalue weighted by atomic mass is 9.97. The molecular weight excluding hydrogens is 468 g/mol. The van der Waals surface area contributed by atoms with Gasteiger partial charge in [-0.2, -0.15) is 0 Å². The Morgan fingerprint density at radius 1 is 0.444 bits per heavy atom. The molecule has 0 amide bonds. The Labute approximate surface area is 211 Å². The molecule has 9 heteroatoms. The van der Waals surface area contributed by atoms with Gasteiger partial charge in [0.2, 0.25) is 0 Å². The molecule has 1 saturated heterocycles. The molecule has 0 saturated carbocycles. The van der Waals surface area contributed by atoms with E-state index >= 15 is 0 Å². The molecule has 4 rings (SSSR count). The molecular formula is C27H36O9. The Morgan fingerprint density at radius 2 is 0.694 bits per heavy atom. The van der Waals surface area contributed by atoms with Crippen molar-refractivity contribution in [3.8, 4) is 0 Å². The predicted molar refractivity (Wildman–Crippen MR) is 128 cm³/mol. The highest BCUT2D eigenvalue weighted by molar-refractivity contribution is 5.77. The van der Waals surface area contributed by atoms with Crippen molar-refractivity contribution >= 4 is 17.9 Å². The van der Waals surface area contributed by atoms with E-state index in [9.17, 15) is 14.4 Å². The summed E-state index contributed by atoms with van der Waals surface area (Å²) in [5, 5.41) is 0. The first-order valence-electron chi connectivity index (χ1n) is 12.7. The molecule has 198 valence electrons. The highest BCUT2D eigenvalue weighted by Gasteiger charge is 2.42. The van der Waals surface area contributed by atoms with Crippen molar-refractivity contribution in [1.29, 1.82) is 0 Å². The van der Waals surface area contributed by atoms with Crippen LogP contribution in [0.3, 0.4) is 0 Å². The first kappa shape index (κ1) is 26.6. The van der Waals surface area contributed by atoms with Crippen LogP contribution in [0.2, 0.25) is 0 Å². The molecule has 0 aromatic carbocycles. The first-order chi connectivity index (χ1) is 17.0. The molecule has 4 aliphatic heterocycles. The molecule has 0 aliphatic carbocycles. The van der Waals surface area contributed by atoms with Crippen molar-refractivity contribution in [3.63, 3.8) is 0 Å². The third-order valence-corrected chi connectivity index (χ3v) is 7.15. The fourth-order valence-corrected chi connectivity index (χ4v) is 4.74. The molecule has 4 heterocycles. The van der Waals surface area contributed by atoms with Crippen LogP contribution in [0.5, 0.6) is 0 Å². The van der Waals surface area contributed by atoms with Gasteiger partial charge in [-0.1, -0.05) is 57.2 Å². The third-order valence-electron chi connectivity index (χ3n) is 7.15. The monoisotopic (exact) mass is 504 g/mol. The van der Waals surface area contributed by atoms with E-state index in [4.69, 9.17) is 28.4 Å². The minimum absolute atomic E-state index is 0.242. The van der Waals surface area contributed by atoms with E-state index in [1.54, 1.807) is 39.0 Å². The average Bonchev–Trinajstić information content (AvgIpc) is 2.83. The van der Waals surface area contributed by atoms with E-state index < -0.39 is 72.8 Å². The summed E-state index contributed by atoms with van der Waals surface area (Å²) in [6.07, 6.45) is 4.42. The predicted octanol–water partition coefficient (Wildman–Crippen LogP) is 2.67. The van der Waals surface area contributed by atoms with Crippen molar-refractivity contribution < 1.29 is 42.8 Å². The number of carbonyl (C=O) groups is 3. The minimum Gasteiger partial charge on any atom is -0.458 e. The van der Waals surface area contributed by atoms with Gasteiger partial charge in [0.05, 0.1) is 0 Å². The number of rotatable bonds is 0. The van der Waals surface area contributed by atoms with Crippen LogP contribution in [-0.4, -0.2) is 72.8 Å². The van der Waals surface area contributed by atoms with Gasteiger partial charge in [-0.25, -0.2) is 14.4 Å². The van der Waals surface area contributed by atoms with Crippen molar-refractivity contribution in [1.82, 2.24) is 0 Å². The van der Waals surface area contributed by atoms with Gasteiger partial charge in [0.15, 0.2) is 18.3 Å². The quantitative estimate of drug-likeness (QED) is 0.280. The fourth-order valence-electron chi connectivity index (χ4n) is 4.74. The van der Waals surface area contributed by atoms with Gasteiger partial charge in [-0.05, 0) is 20.8 Å². The van der Waals surface area contributed by atoms with Crippen LogP contribution in [-0.2, 0) is 42.8 Å². The van der Waals surface area contributed by atoms with E-state index in [0.29, 0.717) is 0 Å². The maximum absolute atomic E-state index is 13.0. The Morgan fingerprint density at radius 3 is 0.944 bits per heavy atom. The SMILES string of the molecule is C[C@H]1C=C[C@@H]2O[C@H]1C(=O)O[C@H](C)[C@@H]1C=C[C@H](C)[C@@H](O1)C(=O)O[C@H](C)[C@@H]1C=C[C@H](C)[C@@H](O1)C(=O)O[C@@H]2C. The van der Waals surface area contributed by atoms with Gasteiger partial charge < -0.3 is 28.4 Å². The molecule has 0 radical (unpaired) electrons. The number of cyclic esters (lactones) is 3. The highest BCUT2D eigenvalue weighted by atomic mass is 16.6. The van der Waals surface area contributed by atoms with Crippen molar-refractivity contribution in [2.75, 3.05) is 0 Å².